The van der Waals surface area contributed by atoms with Gasteiger partial charge in [-0.2, -0.15) is 0 Å². The van der Waals surface area contributed by atoms with Gasteiger partial charge in [0.2, 0.25) is 5.88 Å². The zero-order valence-electron chi connectivity index (χ0n) is 13.5. The number of aromatic nitrogens is 2. The molecule has 2 heterocycles. The van der Waals surface area contributed by atoms with E-state index in [2.05, 4.69) is 15.3 Å². The van der Waals surface area contributed by atoms with Crippen LogP contribution >= 0.6 is 11.3 Å². The van der Waals surface area contributed by atoms with Crippen LogP contribution in [0.1, 0.15) is 10.4 Å². The molecule has 0 atom stereocenters. The van der Waals surface area contributed by atoms with E-state index in [9.17, 15) is 14.9 Å². The van der Waals surface area contributed by atoms with Crippen LogP contribution in [0.5, 0.6) is 5.88 Å². The van der Waals surface area contributed by atoms with Crippen molar-refractivity contribution in [3.05, 3.63) is 51.1 Å². The number of nitro groups is 1. The number of nitro benzene ring substituents is 1. The van der Waals surface area contributed by atoms with E-state index in [1.165, 1.54) is 30.6 Å². The summed E-state index contributed by atoms with van der Waals surface area (Å²) in [5.74, 6) is -0.0177. The first kappa shape index (κ1) is 16.8. The fourth-order valence-corrected chi connectivity index (χ4v) is 3.24. The monoisotopic (exact) mass is 358 g/mol. The largest absolute Gasteiger partial charge is 0.467 e. The maximum Gasteiger partial charge on any atom is 0.269 e. The molecule has 0 spiro atoms. The van der Waals surface area contributed by atoms with Crippen molar-refractivity contribution in [1.82, 2.24) is 9.97 Å². The molecule has 0 fully saturated rings. The molecule has 8 nitrogen and oxygen atoms in total. The molecule has 1 amide bonds. The predicted molar refractivity (Wildman–Crippen MR) is 94.1 cm³/mol. The highest BCUT2D eigenvalue weighted by Crippen LogP contribution is 2.33. The maximum atomic E-state index is 12.0. The van der Waals surface area contributed by atoms with Crippen LogP contribution in [0.3, 0.4) is 0 Å². The van der Waals surface area contributed by atoms with Crippen LogP contribution in [-0.2, 0) is 4.79 Å². The Labute approximate surface area is 146 Å². The van der Waals surface area contributed by atoms with Gasteiger partial charge in [-0.25, -0.2) is 9.97 Å². The number of rotatable bonds is 5. The van der Waals surface area contributed by atoms with Crippen molar-refractivity contribution in [2.24, 2.45) is 0 Å². The van der Waals surface area contributed by atoms with Gasteiger partial charge in [0.15, 0.2) is 6.61 Å². The molecule has 3 rings (SSSR count). The fraction of sp³-hybridized carbons (Fsp3) is 0.188. The smallest absolute Gasteiger partial charge is 0.269 e. The number of benzene rings is 1. The molecule has 25 heavy (non-hydrogen) atoms. The Morgan fingerprint density at radius 2 is 2.00 bits per heavy atom. The van der Waals surface area contributed by atoms with E-state index in [1.54, 1.807) is 11.3 Å². The molecule has 3 aromatic rings. The molecule has 0 bridgehead atoms. The van der Waals surface area contributed by atoms with Crippen LogP contribution in [0, 0.1) is 24.0 Å². The van der Waals surface area contributed by atoms with Gasteiger partial charge in [0.1, 0.15) is 11.2 Å². The van der Waals surface area contributed by atoms with Crippen molar-refractivity contribution in [2.45, 2.75) is 13.8 Å². The number of non-ortho nitro benzene ring substituents is 1. The molecule has 0 saturated heterocycles. The van der Waals surface area contributed by atoms with Gasteiger partial charge in [-0.3, -0.25) is 14.9 Å². The van der Waals surface area contributed by atoms with E-state index in [-0.39, 0.29) is 18.2 Å². The van der Waals surface area contributed by atoms with Crippen LogP contribution in [0.15, 0.2) is 30.6 Å². The topological polar surface area (TPSA) is 107 Å². The summed E-state index contributed by atoms with van der Waals surface area (Å²) in [6, 6.07) is 5.57. The first-order valence-corrected chi connectivity index (χ1v) is 8.15. The summed E-state index contributed by atoms with van der Waals surface area (Å²) in [6.07, 6.45) is 1.40. The average molecular weight is 358 g/mol. The number of hydrogen-bond acceptors (Lipinski definition) is 7. The average Bonchev–Trinajstić information content (AvgIpc) is 2.88. The Morgan fingerprint density at radius 3 is 2.68 bits per heavy atom. The Bertz CT molecular complexity index is 953. The Kier molecular flexibility index (Phi) is 4.57. The lowest BCUT2D eigenvalue weighted by Gasteiger charge is -2.08. The second-order valence-electron chi connectivity index (χ2n) is 5.28. The summed E-state index contributed by atoms with van der Waals surface area (Å²) >= 11 is 1.55. The number of amides is 1. The number of anilines is 1. The highest BCUT2D eigenvalue weighted by Gasteiger charge is 2.14. The van der Waals surface area contributed by atoms with Gasteiger partial charge in [-0.15, -0.1) is 11.3 Å². The molecule has 0 saturated carbocycles. The minimum Gasteiger partial charge on any atom is -0.467 e. The van der Waals surface area contributed by atoms with Gasteiger partial charge in [0.25, 0.3) is 11.6 Å². The Hall–Kier alpha value is -3.07. The summed E-state index contributed by atoms with van der Waals surface area (Å²) in [6.45, 7) is 3.73. The van der Waals surface area contributed by atoms with Crippen molar-refractivity contribution in [3.8, 4) is 5.88 Å². The standard InChI is InChI=1S/C16H14N4O4S/c1-9-10(2)25-16-14(9)15(17-8-18-16)24-7-13(21)19-11-3-5-12(6-4-11)20(22)23/h3-6,8H,7H2,1-2H3,(H,19,21). The molecule has 0 aliphatic heterocycles. The summed E-state index contributed by atoms with van der Waals surface area (Å²) in [7, 11) is 0. The number of fused-ring (bicyclic) bond motifs is 1. The molecule has 128 valence electrons. The van der Waals surface area contributed by atoms with Gasteiger partial charge in [-0.05, 0) is 31.5 Å². The van der Waals surface area contributed by atoms with Gasteiger partial charge in [0.05, 0.1) is 10.3 Å². The van der Waals surface area contributed by atoms with Crippen molar-refractivity contribution in [2.75, 3.05) is 11.9 Å². The minimum atomic E-state index is -0.500. The summed E-state index contributed by atoms with van der Waals surface area (Å²) in [5, 5.41) is 14.0. The van der Waals surface area contributed by atoms with E-state index in [0.29, 0.717) is 11.6 Å². The van der Waals surface area contributed by atoms with Crippen LogP contribution in [-0.4, -0.2) is 27.4 Å². The van der Waals surface area contributed by atoms with Crippen molar-refractivity contribution in [1.29, 1.82) is 0 Å². The molecule has 2 aromatic heterocycles. The van der Waals surface area contributed by atoms with Gasteiger partial charge >= 0.3 is 0 Å². The number of thiophene rings is 1. The van der Waals surface area contributed by atoms with E-state index in [1.807, 2.05) is 13.8 Å². The molecule has 9 heteroatoms. The second-order valence-corrected chi connectivity index (χ2v) is 6.49. The highest BCUT2D eigenvalue weighted by atomic mass is 32.1. The van der Waals surface area contributed by atoms with Crippen molar-refractivity contribution < 1.29 is 14.5 Å². The summed E-state index contributed by atoms with van der Waals surface area (Å²) in [4.78, 5) is 32.4. The molecule has 0 unspecified atom stereocenters. The number of hydrogen-bond donors (Lipinski definition) is 1. The lowest BCUT2D eigenvalue weighted by Crippen LogP contribution is -2.20. The van der Waals surface area contributed by atoms with Gasteiger partial charge in [0, 0.05) is 22.7 Å². The number of nitrogens with one attached hydrogen (secondary N) is 1. The quantitative estimate of drug-likeness (QED) is 0.554. The number of carbonyl (C=O) groups excluding carboxylic acids is 1. The van der Waals surface area contributed by atoms with Crippen LogP contribution in [0.25, 0.3) is 10.2 Å². The van der Waals surface area contributed by atoms with Crippen LogP contribution in [0.4, 0.5) is 11.4 Å². The highest BCUT2D eigenvalue weighted by molar-refractivity contribution is 7.18. The fourth-order valence-electron chi connectivity index (χ4n) is 2.26. The molecule has 0 aliphatic rings. The third-order valence-electron chi connectivity index (χ3n) is 3.63. The van der Waals surface area contributed by atoms with Crippen molar-refractivity contribution >= 4 is 38.8 Å². The zero-order chi connectivity index (χ0) is 18.0. The number of carbonyl (C=O) groups is 1. The van der Waals surface area contributed by atoms with E-state index >= 15 is 0 Å². The van der Waals surface area contributed by atoms with Crippen LogP contribution < -0.4 is 10.1 Å². The number of aryl methyl sites for hydroxylation is 2. The molecular weight excluding hydrogens is 344 g/mol. The predicted octanol–water partition coefficient (Wildman–Crippen LogP) is 3.23. The Balaban J connectivity index is 1.67. The maximum absolute atomic E-state index is 12.0. The molecule has 0 radical (unpaired) electrons. The van der Waals surface area contributed by atoms with Gasteiger partial charge in [-0.1, -0.05) is 0 Å². The third kappa shape index (κ3) is 3.56. The normalized spacial score (nSPS) is 10.6. The lowest BCUT2D eigenvalue weighted by molar-refractivity contribution is -0.384. The molecular formula is C16H14N4O4S. The summed E-state index contributed by atoms with van der Waals surface area (Å²) < 4.78 is 5.54. The minimum absolute atomic E-state index is 0.0408. The summed E-state index contributed by atoms with van der Waals surface area (Å²) in [5.41, 5.74) is 1.45. The first-order chi connectivity index (χ1) is 12.0. The van der Waals surface area contributed by atoms with E-state index in [0.717, 1.165) is 20.7 Å². The second kappa shape index (κ2) is 6.81. The molecule has 1 aromatic carbocycles. The number of ether oxygens (including phenoxy) is 1. The third-order valence-corrected chi connectivity index (χ3v) is 4.75. The van der Waals surface area contributed by atoms with Crippen LogP contribution in [0.2, 0.25) is 0 Å². The lowest BCUT2D eigenvalue weighted by atomic mass is 10.2. The molecule has 0 aliphatic carbocycles. The van der Waals surface area contributed by atoms with Crippen molar-refractivity contribution in [3.63, 3.8) is 0 Å². The first-order valence-electron chi connectivity index (χ1n) is 7.33. The Morgan fingerprint density at radius 1 is 1.28 bits per heavy atom. The van der Waals surface area contributed by atoms with Gasteiger partial charge < -0.3 is 10.1 Å². The zero-order valence-corrected chi connectivity index (χ0v) is 14.3. The molecule has 1 N–H and O–H groups in total. The number of nitrogens with zero attached hydrogens (tertiary/aromatic N) is 3. The van der Waals surface area contributed by atoms with E-state index < -0.39 is 4.92 Å². The van der Waals surface area contributed by atoms with E-state index in [4.69, 9.17) is 4.74 Å². The SMILES string of the molecule is Cc1sc2ncnc(OCC(=O)Nc3ccc([N+](=O)[O-])cc3)c2c1C.